The van der Waals surface area contributed by atoms with E-state index < -0.39 is 15.9 Å². The van der Waals surface area contributed by atoms with Crippen LogP contribution in [0.15, 0.2) is 104 Å². The van der Waals surface area contributed by atoms with Crippen LogP contribution in [0.2, 0.25) is 0 Å². The molecule has 2 aliphatic heterocycles. The highest BCUT2D eigenvalue weighted by molar-refractivity contribution is 8.19. The van der Waals surface area contributed by atoms with E-state index in [1.165, 1.54) is 29.6 Å². The van der Waals surface area contributed by atoms with Crippen LogP contribution in [0.25, 0.3) is 0 Å². The van der Waals surface area contributed by atoms with Crippen molar-refractivity contribution in [1.82, 2.24) is 9.62 Å². The van der Waals surface area contributed by atoms with Crippen LogP contribution in [0.5, 0.6) is 0 Å². The van der Waals surface area contributed by atoms with Crippen LogP contribution >= 0.6 is 23.5 Å². The van der Waals surface area contributed by atoms with E-state index in [2.05, 4.69) is 4.99 Å². The first-order chi connectivity index (χ1) is 17.7. The molecule has 0 aromatic heterocycles. The predicted octanol–water partition coefficient (Wildman–Crippen LogP) is 4.69. The Morgan fingerprint density at radius 3 is 2.35 bits per heavy atom. The van der Waals surface area contributed by atoms with Crippen molar-refractivity contribution in [1.29, 1.82) is 0 Å². The number of amides is 2. The fraction of sp³-hybridized carbons (Fsp3) is 0.115. The average Bonchev–Trinajstić information content (AvgIpc) is 3.36. The summed E-state index contributed by atoms with van der Waals surface area (Å²) < 4.78 is 27.6. The number of carbonyl (C=O) groups excluding carboxylic acids is 2. The molecule has 1 N–H and O–H groups in total. The fourth-order valence-electron chi connectivity index (χ4n) is 3.95. The molecule has 0 bridgehead atoms. The first-order valence-corrected chi connectivity index (χ1v) is 14.4. The Morgan fingerprint density at radius 2 is 1.62 bits per heavy atom. The molecule has 0 aliphatic carbocycles. The maximum atomic E-state index is 13.8. The number of hydrogen-bond donors (Lipinski definition) is 1. The predicted molar refractivity (Wildman–Crippen MR) is 147 cm³/mol. The highest BCUT2D eigenvalue weighted by Crippen LogP contribution is 2.50. The zero-order valence-electron chi connectivity index (χ0n) is 19.9. The quantitative estimate of drug-likeness (QED) is 0.460. The van der Waals surface area contributed by atoms with Crippen molar-refractivity contribution in [2.24, 2.45) is 4.99 Å². The molecule has 2 heterocycles. The van der Waals surface area contributed by atoms with Gasteiger partial charge in [-0.2, -0.15) is 0 Å². The van der Waals surface area contributed by atoms with Crippen molar-refractivity contribution in [3.8, 4) is 0 Å². The van der Waals surface area contributed by atoms with Crippen LogP contribution in [-0.2, 0) is 26.2 Å². The third kappa shape index (κ3) is 5.02. The van der Waals surface area contributed by atoms with Gasteiger partial charge in [0.2, 0.25) is 5.91 Å². The van der Waals surface area contributed by atoms with E-state index in [1.807, 2.05) is 71.3 Å². The number of para-hydroxylation sites is 2. The highest BCUT2D eigenvalue weighted by Gasteiger charge is 2.39. The minimum atomic E-state index is -4.14. The van der Waals surface area contributed by atoms with Crippen LogP contribution in [-0.4, -0.2) is 37.3 Å². The Balaban J connectivity index is 1.60. The lowest BCUT2D eigenvalue weighted by molar-refractivity contribution is -0.122. The first kappa shape index (κ1) is 25.1. The maximum Gasteiger partial charge on any atom is 0.269 e. The topological polar surface area (TPSA) is 99.1 Å². The molecule has 0 unspecified atom stereocenters. The van der Waals surface area contributed by atoms with E-state index in [0.29, 0.717) is 10.1 Å². The lowest BCUT2D eigenvalue weighted by atomic mass is 10.2. The largest absolute Gasteiger partial charge is 0.337 e. The maximum absolute atomic E-state index is 13.8. The zero-order chi connectivity index (χ0) is 26.2. The molecule has 11 heteroatoms. The standard InChI is InChI=1S/C26H22N4O4S3/c1-17(31)28-37(33,34)22-15-9-6-12-19(22)27-26-30(16-18-10-4-3-5-11-18)24(32)23(36-26)25-29(2)20-13-7-8-14-21(20)35-25/h3-15H,16H2,1-2H3,(H,28,31). The number of amidine groups is 1. The van der Waals surface area contributed by atoms with Crippen molar-refractivity contribution < 1.29 is 18.0 Å². The van der Waals surface area contributed by atoms with E-state index in [9.17, 15) is 18.0 Å². The van der Waals surface area contributed by atoms with E-state index in [-0.39, 0.29) is 23.0 Å². The third-order valence-corrected chi connectivity index (χ3v) is 9.54. The zero-order valence-corrected chi connectivity index (χ0v) is 22.4. The van der Waals surface area contributed by atoms with Gasteiger partial charge in [0.15, 0.2) is 5.17 Å². The molecule has 3 aromatic carbocycles. The lowest BCUT2D eigenvalue weighted by Crippen LogP contribution is -2.29. The van der Waals surface area contributed by atoms with Gasteiger partial charge in [0.1, 0.15) is 9.80 Å². The molecular weight excluding hydrogens is 529 g/mol. The number of fused-ring (bicyclic) bond motifs is 1. The van der Waals surface area contributed by atoms with Crippen LogP contribution < -0.4 is 9.62 Å². The highest BCUT2D eigenvalue weighted by atomic mass is 32.2. The SMILES string of the molecule is CC(=O)NS(=O)(=O)c1ccccc1N=C1SC(=C2Sc3ccccc3N2C)C(=O)N1Cc1ccccc1. The number of nitrogens with zero attached hydrogens (tertiary/aromatic N) is 3. The van der Waals surface area contributed by atoms with Crippen LogP contribution in [0.1, 0.15) is 12.5 Å². The van der Waals surface area contributed by atoms with Gasteiger partial charge in [-0.15, -0.1) is 0 Å². The molecule has 0 radical (unpaired) electrons. The first-order valence-electron chi connectivity index (χ1n) is 11.2. The molecule has 37 heavy (non-hydrogen) atoms. The Labute approximate surface area is 223 Å². The van der Waals surface area contributed by atoms with Crippen molar-refractivity contribution in [2.75, 3.05) is 11.9 Å². The molecule has 0 spiro atoms. The molecule has 5 rings (SSSR count). The summed E-state index contributed by atoms with van der Waals surface area (Å²) in [5, 5.41) is 1.14. The molecule has 188 valence electrons. The van der Waals surface area contributed by atoms with Gasteiger partial charge < -0.3 is 4.90 Å². The lowest BCUT2D eigenvalue weighted by Gasteiger charge is -2.17. The number of carbonyl (C=O) groups is 2. The number of anilines is 1. The molecule has 3 aromatic rings. The average molecular weight is 551 g/mol. The summed E-state index contributed by atoms with van der Waals surface area (Å²) in [5.41, 5.74) is 2.05. The van der Waals surface area contributed by atoms with E-state index in [0.717, 1.165) is 28.1 Å². The second-order valence-electron chi connectivity index (χ2n) is 8.27. The van der Waals surface area contributed by atoms with Crippen molar-refractivity contribution >= 4 is 61.9 Å². The number of nitrogens with one attached hydrogen (secondary N) is 1. The van der Waals surface area contributed by atoms with Gasteiger partial charge in [-0.05, 0) is 41.6 Å². The summed E-state index contributed by atoms with van der Waals surface area (Å²) >= 11 is 2.72. The molecule has 2 amide bonds. The summed E-state index contributed by atoms with van der Waals surface area (Å²) in [6, 6.07) is 23.6. The fourth-order valence-corrected chi connectivity index (χ4v) is 7.42. The Hall–Kier alpha value is -3.54. The minimum Gasteiger partial charge on any atom is -0.337 e. The van der Waals surface area contributed by atoms with Gasteiger partial charge in [-0.25, -0.2) is 18.1 Å². The smallest absolute Gasteiger partial charge is 0.269 e. The van der Waals surface area contributed by atoms with E-state index in [1.54, 1.807) is 23.1 Å². The van der Waals surface area contributed by atoms with Gasteiger partial charge in [0.05, 0.1) is 22.9 Å². The molecule has 2 aliphatic rings. The number of hydrogen-bond acceptors (Lipinski definition) is 8. The number of aliphatic imine (C=N–C) groups is 1. The molecule has 8 nitrogen and oxygen atoms in total. The monoisotopic (exact) mass is 550 g/mol. The minimum absolute atomic E-state index is 0.131. The Kier molecular flexibility index (Phi) is 6.84. The number of rotatable bonds is 5. The van der Waals surface area contributed by atoms with E-state index in [4.69, 9.17) is 0 Å². The van der Waals surface area contributed by atoms with Gasteiger partial charge in [0, 0.05) is 18.9 Å². The third-order valence-electron chi connectivity index (χ3n) is 5.63. The van der Waals surface area contributed by atoms with Crippen LogP contribution in [0.4, 0.5) is 11.4 Å². The molecule has 0 saturated carbocycles. The molecule has 0 atom stereocenters. The second-order valence-corrected chi connectivity index (χ2v) is 11.9. The van der Waals surface area contributed by atoms with Crippen LogP contribution in [0, 0.1) is 0 Å². The Morgan fingerprint density at radius 1 is 0.946 bits per heavy atom. The summed E-state index contributed by atoms with van der Waals surface area (Å²) in [7, 11) is -2.22. The Bertz CT molecular complexity index is 1570. The summed E-state index contributed by atoms with van der Waals surface area (Å²) in [5.74, 6) is -0.914. The summed E-state index contributed by atoms with van der Waals surface area (Å²) in [6.45, 7) is 1.40. The van der Waals surface area contributed by atoms with Gasteiger partial charge in [0.25, 0.3) is 15.9 Å². The van der Waals surface area contributed by atoms with Crippen molar-refractivity contribution in [3.63, 3.8) is 0 Å². The summed E-state index contributed by atoms with van der Waals surface area (Å²) in [6.07, 6.45) is 0. The van der Waals surface area contributed by atoms with Gasteiger partial charge in [-0.3, -0.25) is 14.5 Å². The second kappa shape index (κ2) is 10.1. The van der Waals surface area contributed by atoms with Crippen LogP contribution in [0.3, 0.4) is 0 Å². The van der Waals surface area contributed by atoms with Gasteiger partial charge in [-0.1, -0.05) is 66.4 Å². The number of benzene rings is 3. The van der Waals surface area contributed by atoms with Crippen molar-refractivity contribution in [3.05, 3.63) is 94.4 Å². The number of sulfonamides is 1. The van der Waals surface area contributed by atoms with E-state index >= 15 is 0 Å². The molecule has 1 fully saturated rings. The number of thioether (sulfide) groups is 2. The summed E-state index contributed by atoms with van der Waals surface area (Å²) in [4.78, 5) is 34.9. The molecular formula is C26H22N4O4S3. The van der Waals surface area contributed by atoms with Gasteiger partial charge >= 0.3 is 0 Å². The normalized spacial score (nSPS) is 18.4. The molecule has 1 saturated heterocycles. The van der Waals surface area contributed by atoms with Crippen molar-refractivity contribution in [2.45, 2.75) is 23.3 Å².